The third-order valence-corrected chi connectivity index (χ3v) is 5.84. The summed E-state index contributed by atoms with van der Waals surface area (Å²) in [4.78, 5) is 18.8. The van der Waals surface area contributed by atoms with E-state index in [1.54, 1.807) is 31.4 Å². The highest BCUT2D eigenvalue weighted by molar-refractivity contribution is 5.87. The molecule has 2 aromatic carbocycles. The fourth-order valence-electron chi connectivity index (χ4n) is 4.28. The molecule has 7 heteroatoms. The van der Waals surface area contributed by atoms with E-state index in [2.05, 4.69) is 9.88 Å². The van der Waals surface area contributed by atoms with Crippen molar-refractivity contribution in [1.29, 1.82) is 0 Å². The number of anilines is 1. The SMILES string of the molecule is COc1ccc(-c2c(O)[nH]c3c(N4CCCCC4)c(-c4ccccc4)nn3c2=O)cc1. The van der Waals surface area contributed by atoms with Crippen LogP contribution in [0.2, 0.25) is 0 Å². The molecule has 2 N–H and O–H groups in total. The summed E-state index contributed by atoms with van der Waals surface area (Å²) >= 11 is 0. The van der Waals surface area contributed by atoms with Crippen LogP contribution < -0.4 is 15.2 Å². The molecule has 0 saturated carbocycles. The van der Waals surface area contributed by atoms with Gasteiger partial charge in [-0.05, 0) is 37.0 Å². The molecular weight excluding hydrogens is 392 g/mol. The first-order valence-electron chi connectivity index (χ1n) is 10.5. The number of methoxy groups -OCH3 is 1. The van der Waals surface area contributed by atoms with E-state index in [4.69, 9.17) is 9.84 Å². The van der Waals surface area contributed by atoms with Gasteiger partial charge >= 0.3 is 0 Å². The Bertz CT molecular complexity index is 1270. The van der Waals surface area contributed by atoms with Gasteiger partial charge in [0.15, 0.2) is 5.65 Å². The first-order valence-corrected chi connectivity index (χ1v) is 10.5. The quantitative estimate of drug-likeness (QED) is 0.524. The van der Waals surface area contributed by atoms with Gasteiger partial charge in [0.25, 0.3) is 5.56 Å². The Morgan fingerprint density at radius 3 is 2.35 bits per heavy atom. The van der Waals surface area contributed by atoms with Crippen LogP contribution in [0.15, 0.2) is 59.4 Å². The van der Waals surface area contributed by atoms with Crippen molar-refractivity contribution in [2.45, 2.75) is 19.3 Å². The summed E-state index contributed by atoms with van der Waals surface area (Å²) in [5.74, 6) is 0.513. The summed E-state index contributed by atoms with van der Waals surface area (Å²) in [5.41, 5.74) is 3.46. The number of nitrogens with one attached hydrogen (secondary N) is 1. The van der Waals surface area contributed by atoms with Crippen LogP contribution in [-0.4, -0.2) is 39.9 Å². The highest BCUT2D eigenvalue weighted by Crippen LogP contribution is 2.36. The van der Waals surface area contributed by atoms with Crippen molar-refractivity contribution in [3.8, 4) is 34.0 Å². The fourth-order valence-corrected chi connectivity index (χ4v) is 4.28. The first-order chi connectivity index (χ1) is 15.2. The van der Waals surface area contributed by atoms with Gasteiger partial charge in [0.05, 0.1) is 7.11 Å². The van der Waals surface area contributed by atoms with Crippen molar-refractivity contribution in [2.75, 3.05) is 25.1 Å². The number of hydrogen-bond acceptors (Lipinski definition) is 5. The van der Waals surface area contributed by atoms with Crippen LogP contribution in [0.4, 0.5) is 5.69 Å². The second-order valence-electron chi connectivity index (χ2n) is 7.75. The van der Waals surface area contributed by atoms with Crippen molar-refractivity contribution >= 4 is 11.3 Å². The van der Waals surface area contributed by atoms with Gasteiger partial charge in [-0.25, -0.2) is 0 Å². The summed E-state index contributed by atoms with van der Waals surface area (Å²) in [5, 5.41) is 15.5. The molecule has 0 atom stereocenters. The number of aromatic nitrogens is 3. The highest BCUT2D eigenvalue weighted by atomic mass is 16.5. The lowest BCUT2D eigenvalue weighted by Gasteiger charge is -2.28. The van der Waals surface area contributed by atoms with E-state index in [0.29, 0.717) is 17.0 Å². The van der Waals surface area contributed by atoms with Crippen molar-refractivity contribution in [1.82, 2.24) is 14.6 Å². The van der Waals surface area contributed by atoms with Crippen molar-refractivity contribution in [3.63, 3.8) is 0 Å². The highest BCUT2D eigenvalue weighted by Gasteiger charge is 2.26. The number of rotatable bonds is 4. The summed E-state index contributed by atoms with van der Waals surface area (Å²) in [7, 11) is 1.59. The van der Waals surface area contributed by atoms with Crippen LogP contribution in [0.1, 0.15) is 19.3 Å². The third kappa shape index (κ3) is 3.32. The zero-order valence-corrected chi connectivity index (χ0v) is 17.3. The van der Waals surface area contributed by atoms with Crippen LogP contribution in [0, 0.1) is 0 Å². The topological polar surface area (TPSA) is 82.9 Å². The predicted molar refractivity (Wildman–Crippen MR) is 121 cm³/mol. The zero-order chi connectivity index (χ0) is 21.4. The molecule has 4 aromatic rings. The minimum absolute atomic E-state index is 0.166. The van der Waals surface area contributed by atoms with E-state index in [1.807, 2.05) is 30.3 Å². The summed E-state index contributed by atoms with van der Waals surface area (Å²) in [6, 6.07) is 16.9. The minimum Gasteiger partial charge on any atom is -0.497 e. The van der Waals surface area contributed by atoms with Crippen LogP contribution in [0.25, 0.3) is 28.0 Å². The number of benzene rings is 2. The van der Waals surface area contributed by atoms with E-state index in [9.17, 15) is 9.90 Å². The number of fused-ring (bicyclic) bond motifs is 1. The second-order valence-corrected chi connectivity index (χ2v) is 7.75. The lowest BCUT2D eigenvalue weighted by atomic mass is 10.1. The minimum atomic E-state index is -0.364. The third-order valence-electron chi connectivity index (χ3n) is 5.84. The van der Waals surface area contributed by atoms with Crippen LogP contribution in [0.3, 0.4) is 0 Å². The van der Waals surface area contributed by atoms with Gasteiger partial charge in [0.1, 0.15) is 22.7 Å². The monoisotopic (exact) mass is 416 g/mol. The van der Waals surface area contributed by atoms with E-state index < -0.39 is 0 Å². The van der Waals surface area contributed by atoms with Crippen molar-refractivity contribution < 1.29 is 9.84 Å². The maximum atomic E-state index is 13.5. The summed E-state index contributed by atoms with van der Waals surface area (Å²) < 4.78 is 6.58. The lowest BCUT2D eigenvalue weighted by Crippen LogP contribution is -2.30. The Kier molecular flexibility index (Phi) is 4.86. The molecule has 0 spiro atoms. The Balaban J connectivity index is 1.75. The molecule has 158 valence electrons. The van der Waals surface area contributed by atoms with Crippen LogP contribution in [0.5, 0.6) is 11.6 Å². The van der Waals surface area contributed by atoms with E-state index >= 15 is 0 Å². The Morgan fingerprint density at radius 2 is 1.68 bits per heavy atom. The molecule has 1 aliphatic rings. The number of hydrogen-bond donors (Lipinski definition) is 2. The number of nitrogens with zero attached hydrogens (tertiary/aromatic N) is 3. The number of piperidine rings is 1. The standard InChI is InChI=1S/C24H24N4O3/c1-31-18-12-10-16(11-13-18)19-23(29)25-22-21(27-14-6-3-7-15-27)20(26-28(22)24(19)30)17-8-4-2-5-9-17/h2,4-5,8-13,25,29H,3,6-7,14-15H2,1H3. The molecule has 1 aliphatic heterocycles. The van der Waals surface area contributed by atoms with Crippen LogP contribution >= 0.6 is 0 Å². The van der Waals surface area contributed by atoms with Gasteiger partial charge in [-0.2, -0.15) is 9.61 Å². The molecule has 0 bridgehead atoms. The van der Waals surface area contributed by atoms with Gasteiger partial charge in [-0.1, -0.05) is 42.5 Å². The molecule has 31 heavy (non-hydrogen) atoms. The smallest absolute Gasteiger partial charge is 0.286 e. The van der Waals surface area contributed by atoms with E-state index in [0.717, 1.165) is 42.9 Å². The number of H-pyrrole nitrogens is 1. The summed E-state index contributed by atoms with van der Waals surface area (Å²) in [6.45, 7) is 1.79. The molecule has 0 aliphatic carbocycles. The maximum absolute atomic E-state index is 13.5. The van der Waals surface area contributed by atoms with Gasteiger partial charge in [-0.3, -0.25) is 4.79 Å². The Labute approximate surface area is 179 Å². The number of ether oxygens (including phenoxy) is 1. The fraction of sp³-hybridized carbons (Fsp3) is 0.250. The number of aromatic hydroxyl groups is 1. The lowest BCUT2D eigenvalue weighted by molar-refractivity contribution is 0.415. The van der Waals surface area contributed by atoms with E-state index in [-0.39, 0.29) is 17.0 Å². The molecule has 1 saturated heterocycles. The molecule has 3 heterocycles. The van der Waals surface area contributed by atoms with Crippen LogP contribution in [-0.2, 0) is 0 Å². The Hall–Kier alpha value is -3.74. The van der Waals surface area contributed by atoms with Crippen molar-refractivity contribution in [3.05, 3.63) is 65.0 Å². The average Bonchev–Trinajstić information content (AvgIpc) is 3.20. The van der Waals surface area contributed by atoms with Gasteiger partial charge < -0.3 is 19.7 Å². The molecule has 0 amide bonds. The molecule has 0 unspecified atom stereocenters. The van der Waals surface area contributed by atoms with Gasteiger partial charge in [-0.15, -0.1) is 0 Å². The average molecular weight is 416 g/mol. The molecule has 1 fully saturated rings. The van der Waals surface area contributed by atoms with Gasteiger partial charge in [0, 0.05) is 18.7 Å². The Morgan fingerprint density at radius 1 is 0.968 bits per heavy atom. The number of aromatic amines is 1. The van der Waals surface area contributed by atoms with E-state index in [1.165, 1.54) is 10.9 Å². The first kappa shape index (κ1) is 19.2. The molecule has 0 radical (unpaired) electrons. The molecule has 5 rings (SSSR count). The molecular formula is C24H24N4O3. The largest absolute Gasteiger partial charge is 0.497 e. The maximum Gasteiger partial charge on any atom is 0.286 e. The second kappa shape index (κ2) is 7.83. The van der Waals surface area contributed by atoms with Crippen molar-refractivity contribution in [2.24, 2.45) is 0 Å². The zero-order valence-electron chi connectivity index (χ0n) is 17.3. The summed E-state index contributed by atoms with van der Waals surface area (Å²) in [6.07, 6.45) is 3.37. The predicted octanol–water partition coefficient (Wildman–Crippen LogP) is 4.06. The molecule has 2 aromatic heterocycles. The molecule has 7 nitrogen and oxygen atoms in total. The van der Waals surface area contributed by atoms with Gasteiger partial charge in [0.2, 0.25) is 5.88 Å². The normalized spacial score (nSPS) is 14.2.